The largest absolute Gasteiger partial charge is 0.489 e. The first-order valence-corrected chi connectivity index (χ1v) is 8.74. The van der Waals surface area contributed by atoms with Gasteiger partial charge in [-0.25, -0.2) is 4.79 Å². The minimum Gasteiger partial charge on any atom is -0.489 e. The van der Waals surface area contributed by atoms with Gasteiger partial charge in [0.05, 0.1) is 10.5 Å². The number of hydrogen-bond donors (Lipinski definition) is 0. The fourth-order valence-corrected chi connectivity index (χ4v) is 2.50. The smallest absolute Gasteiger partial charge is 0.343 e. The number of hydrogen-bond acceptors (Lipinski definition) is 5. The molecule has 0 aromatic heterocycles. The molecule has 0 N–H and O–H groups in total. The third kappa shape index (κ3) is 5.15. The monoisotopic (exact) mass is 427 g/mol. The van der Waals surface area contributed by atoms with Crippen molar-refractivity contribution in [3.8, 4) is 11.5 Å². The summed E-state index contributed by atoms with van der Waals surface area (Å²) in [4.78, 5) is 22.3. The summed E-state index contributed by atoms with van der Waals surface area (Å²) in [6.45, 7) is 0.374. The molecule has 6 nitrogen and oxygen atoms in total. The van der Waals surface area contributed by atoms with E-state index >= 15 is 0 Å². The molecule has 3 aromatic carbocycles. The second-order valence-corrected chi connectivity index (χ2v) is 6.50. The normalized spacial score (nSPS) is 10.3. The van der Waals surface area contributed by atoms with E-state index in [1.165, 1.54) is 24.3 Å². The van der Waals surface area contributed by atoms with Crippen molar-refractivity contribution < 1.29 is 19.2 Å². The number of carbonyl (C=O) groups excluding carboxylic acids is 1. The van der Waals surface area contributed by atoms with Crippen molar-refractivity contribution in [1.82, 2.24) is 0 Å². The Morgan fingerprint density at radius 2 is 1.48 bits per heavy atom. The molecule has 7 heteroatoms. The number of carbonyl (C=O) groups is 1. The number of ether oxygens (including phenoxy) is 2. The molecule has 3 rings (SSSR count). The molecule has 0 bridgehead atoms. The molecule has 0 aliphatic rings. The van der Waals surface area contributed by atoms with Gasteiger partial charge in [-0.2, -0.15) is 0 Å². The van der Waals surface area contributed by atoms with Crippen molar-refractivity contribution in [1.29, 1.82) is 0 Å². The minimum atomic E-state index is -0.538. The van der Waals surface area contributed by atoms with E-state index in [0.717, 1.165) is 15.8 Å². The molecular formula is C20H14BrNO5. The van der Waals surface area contributed by atoms with Gasteiger partial charge < -0.3 is 9.47 Å². The Labute approximate surface area is 163 Å². The van der Waals surface area contributed by atoms with Crippen molar-refractivity contribution in [2.75, 3.05) is 0 Å². The predicted molar refractivity (Wildman–Crippen MR) is 103 cm³/mol. The predicted octanol–water partition coefficient (Wildman–Crippen LogP) is 5.16. The zero-order chi connectivity index (χ0) is 19.2. The summed E-state index contributed by atoms with van der Waals surface area (Å²) in [5.41, 5.74) is 1.22. The number of nitro groups is 1. The molecule has 0 saturated carbocycles. The van der Waals surface area contributed by atoms with Crippen LogP contribution in [0.1, 0.15) is 15.9 Å². The molecule has 0 radical (unpaired) electrons. The molecule has 3 aromatic rings. The van der Waals surface area contributed by atoms with Crippen molar-refractivity contribution in [2.24, 2.45) is 0 Å². The van der Waals surface area contributed by atoms with Gasteiger partial charge in [-0.1, -0.05) is 28.1 Å². The average Bonchev–Trinajstić information content (AvgIpc) is 2.68. The number of nitro benzene ring substituents is 1. The Balaban J connectivity index is 1.58. The van der Waals surface area contributed by atoms with E-state index in [9.17, 15) is 14.9 Å². The van der Waals surface area contributed by atoms with Crippen LogP contribution in [0.25, 0.3) is 0 Å². The molecule has 0 aliphatic carbocycles. The number of rotatable bonds is 6. The van der Waals surface area contributed by atoms with Crippen molar-refractivity contribution in [2.45, 2.75) is 6.61 Å². The Kier molecular flexibility index (Phi) is 5.83. The lowest BCUT2D eigenvalue weighted by Crippen LogP contribution is -2.08. The molecule has 0 unspecified atom stereocenters. The zero-order valence-electron chi connectivity index (χ0n) is 14.0. The molecule has 0 fully saturated rings. The molecule has 0 atom stereocenters. The van der Waals surface area contributed by atoms with E-state index in [4.69, 9.17) is 9.47 Å². The van der Waals surface area contributed by atoms with E-state index < -0.39 is 10.9 Å². The van der Waals surface area contributed by atoms with Crippen LogP contribution in [0.5, 0.6) is 11.5 Å². The Hall–Kier alpha value is -3.19. The van der Waals surface area contributed by atoms with Gasteiger partial charge in [-0.05, 0) is 54.1 Å². The van der Waals surface area contributed by atoms with Gasteiger partial charge in [0.15, 0.2) is 0 Å². The van der Waals surface area contributed by atoms with Gasteiger partial charge in [0.2, 0.25) is 0 Å². The summed E-state index contributed by atoms with van der Waals surface area (Å²) < 4.78 is 11.9. The van der Waals surface area contributed by atoms with Crippen molar-refractivity contribution in [3.63, 3.8) is 0 Å². The number of benzene rings is 3. The van der Waals surface area contributed by atoms with Gasteiger partial charge in [0, 0.05) is 16.6 Å². The van der Waals surface area contributed by atoms with Crippen LogP contribution in [-0.4, -0.2) is 10.9 Å². The minimum absolute atomic E-state index is 0.0649. The van der Waals surface area contributed by atoms with Crippen LogP contribution >= 0.6 is 15.9 Å². The summed E-state index contributed by atoms with van der Waals surface area (Å²) in [5.74, 6) is 0.456. The summed E-state index contributed by atoms with van der Waals surface area (Å²) in [7, 11) is 0. The molecule has 27 heavy (non-hydrogen) atoms. The van der Waals surface area contributed by atoms with Crippen LogP contribution in [0, 0.1) is 10.1 Å². The maximum Gasteiger partial charge on any atom is 0.343 e. The summed E-state index contributed by atoms with van der Waals surface area (Å²) in [5, 5.41) is 10.6. The van der Waals surface area contributed by atoms with E-state index in [1.54, 1.807) is 24.3 Å². The lowest BCUT2D eigenvalue weighted by atomic mass is 10.1. The lowest BCUT2D eigenvalue weighted by Gasteiger charge is -2.08. The third-order valence-electron chi connectivity index (χ3n) is 3.67. The standard InChI is InChI=1S/C20H14BrNO5/c21-16-5-9-18(10-6-16)26-13-14-1-3-15(4-2-14)20(23)27-19-11-7-17(8-12-19)22(24)25/h1-12H,13H2. The third-order valence-corrected chi connectivity index (χ3v) is 4.20. The van der Waals surface area contributed by atoms with E-state index in [1.807, 2.05) is 24.3 Å². The summed E-state index contributed by atoms with van der Waals surface area (Å²) in [6, 6.07) is 19.7. The number of nitrogens with zero attached hydrogens (tertiary/aromatic N) is 1. The highest BCUT2D eigenvalue weighted by molar-refractivity contribution is 9.10. The van der Waals surface area contributed by atoms with Gasteiger partial charge in [0.1, 0.15) is 18.1 Å². The summed E-state index contributed by atoms with van der Waals surface area (Å²) >= 11 is 3.37. The Morgan fingerprint density at radius 3 is 2.07 bits per heavy atom. The van der Waals surface area contributed by atoms with Crippen LogP contribution in [0.4, 0.5) is 5.69 Å². The average molecular weight is 428 g/mol. The van der Waals surface area contributed by atoms with Gasteiger partial charge >= 0.3 is 5.97 Å². The maximum absolute atomic E-state index is 12.2. The van der Waals surface area contributed by atoms with E-state index in [2.05, 4.69) is 15.9 Å². The molecule has 0 amide bonds. The first-order valence-electron chi connectivity index (χ1n) is 7.95. The highest BCUT2D eigenvalue weighted by Crippen LogP contribution is 2.20. The van der Waals surface area contributed by atoms with Crippen molar-refractivity contribution >= 4 is 27.6 Å². The number of halogens is 1. The molecule has 0 heterocycles. The number of non-ortho nitro benzene ring substituents is 1. The van der Waals surface area contributed by atoms with Crippen LogP contribution < -0.4 is 9.47 Å². The Morgan fingerprint density at radius 1 is 0.889 bits per heavy atom. The van der Waals surface area contributed by atoms with Gasteiger partial charge in [-0.3, -0.25) is 10.1 Å². The molecule has 0 spiro atoms. The van der Waals surface area contributed by atoms with Crippen molar-refractivity contribution in [3.05, 3.63) is 98.5 Å². The number of esters is 1. The Bertz CT molecular complexity index is 938. The topological polar surface area (TPSA) is 78.7 Å². The quantitative estimate of drug-likeness (QED) is 0.235. The van der Waals surface area contributed by atoms with Crippen LogP contribution in [0.2, 0.25) is 0 Å². The molecule has 0 saturated heterocycles. The molecule has 136 valence electrons. The fraction of sp³-hybridized carbons (Fsp3) is 0.0500. The highest BCUT2D eigenvalue weighted by atomic mass is 79.9. The maximum atomic E-state index is 12.2. The van der Waals surface area contributed by atoms with Crippen LogP contribution in [0.3, 0.4) is 0 Å². The second-order valence-electron chi connectivity index (χ2n) is 5.58. The van der Waals surface area contributed by atoms with Crippen LogP contribution in [-0.2, 0) is 6.61 Å². The molecule has 0 aliphatic heterocycles. The first-order chi connectivity index (χ1) is 13.0. The zero-order valence-corrected chi connectivity index (χ0v) is 15.6. The highest BCUT2D eigenvalue weighted by Gasteiger charge is 2.10. The SMILES string of the molecule is O=C(Oc1ccc([N+](=O)[O-])cc1)c1ccc(COc2ccc(Br)cc2)cc1. The second kappa shape index (κ2) is 8.46. The van der Waals surface area contributed by atoms with Crippen LogP contribution in [0.15, 0.2) is 77.3 Å². The fourth-order valence-electron chi connectivity index (χ4n) is 2.24. The van der Waals surface area contributed by atoms with E-state index in [0.29, 0.717) is 12.2 Å². The van der Waals surface area contributed by atoms with E-state index in [-0.39, 0.29) is 11.4 Å². The van der Waals surface area contributed by atoms with Gasteiger partial charge in [0.25, 0.3) is 5.69 Å². The van der Waals surface area contributed by atoms with Gasteiger partial charge in [-0.15, -0.1) is 0 Å². The molecular weight excluding hydrogens is 414 g/mol. The summed E-state index contributed by atoms with van der Waals surface area (Å²) in [6.07, 6.45) is 0. The lowest BCUT2D eigenvalue weighted by molar-refractivity contribution is -0.384. The first kappa shape index (κ1) is 18.6.